The molecule has 4 nitrogen and oxygen atoms in total. The van der Waals surface area contributed by atoms with Crippen LogP contribution in [-0.2, 0) is 4.57 Å². The van der Waals surface area contributed by atoms with Crippen LogP contribution in [-0.4, -0.2) is 14.8 Å². The SMILES string of the molecule is O=[P+](O)O.SS.c1ccncc1. The van der Waals surface area contributed by atoms with Crippen LogP contribution in [0.25, 0.3) is 0 Å². The molecule has 0 amide bonds. The molecule has 12 heavy (non-hydrogen) atoms. The molecule has 1 aromatic heterocycles. The van der Waals surface area contributed by atoms with Crippen LogP contribution in [0.15, 0.2) is 30.6 Å². The quantitative estimate of drug-likeness (QED) is 0.307. The third-order valence-electron chi connectivity index (χ3n) is 0.566. The summed E-state index contributed by atoms with van der Waals surface area (Å²) in [5, 5.41) is 0. The molecule has 0 atom stereocenters. The summed E-state index contributed by atoms with van der Waals surface area (Å²) in [6, 6.07) is 5.72. The van der Waals surface area contributed by atoms with E-state index >= 15 is 0 Å². The van der Waals surface area contributed by atoms with E-state index in [1.54, 1.807) is 12.4 Å². The Morgan fingerprint density at radius 2 is 1.42 bits per heavy atom. The molecule has 0 fully saturated rings. The lowest BCUT2D eigenvalue weighted by atomic mass is 10.5. The van der Waals surface area contributed by atoms with Crippen LogP contribution >= 0.6 is 31.6 Å². The molecule has 0 spiro atoms. The maximum atomic E-state index is 8.70. The van der Waals surface area contributed by atoms with Crippen molar-refractivity contribution < 1.29 is 14.4 Å². The highest BCUT2D eigenvalue weighted by molar-refractivity contribution is 8.59. The summed E-state index contributed by atoms with van der Waals surface area (Å²) in [6.45, 7) is 0. The lowest BCUT2D eigenvalue weighted by molar-refractivity contribution is 0.405. The summed E-state index contributed by atoms with van der Waals surface area (Å²) in [6.07, 6.45) is 3.50. The van der Waals surface area contributed by atoms with Gasteiger partial charge in [-0.15, -0.1) is 33.1 Å². The van der Waals surface area contributed by atoms with Gasteiger partial charge in [0, 0.05) is 17.0 Å². The first-order valence-corrected chi connectivity index (χ1v) is 5.40. The monoisotopic (exact) mass is 226 g/mol. The Morgan fingerprint density at radius 1 is 1.08 bits per heavy atom. The second kappa shape index (κ2) is 13.5. The summed E-state index contributed by atoms with van der Waals surface area (Å²) < 4.78 is 8.70. The zero-order valence-electron chi connectivity index (χ0n) is 5.98. The Balaban J connectivity index is 0. The van der Waals surface area contributed by atoms with Crippen LogP contribution in [0.2, 0.25) is 0 Å². The average molecular weight is 226 g/mol. The molecule has 0 aliphatic heterocycles. The smallest absolute Gasteiger partial charge is 0.265 e. The lowest BCUT2D eigenvalue weighted by Crippen LogP contribution is -1.58. The highest BCUT2D eigenvalue weighted by atomic mass is 33.1. The van der Waals surface area contributed by atoms with Gasteiger partial charge in [-0.05, 0) is 12.1 Å². The van der Waals surface area contributed by atoms with E-state index < -0.39 is 8.25 Å². The van der Waals surface area contributed by atoms with Crippen molar-refractivity contribution in [3.8, 4) is 0 Å². The molecule has 0 aromatic carbocycles. The van der Waals surface area contributed by atoms with Gasteiger partial charge in [-0.25, -0.2) is 0 Å². The maximum Gasteiger partial charge on any atom is 0.692 e. The molecule has 68 valence electrons. The van der Waals surface area contributed by atoms with Gasteiger partial charge in [0.1, 0.15) is 0 Å². The number of aromatic nitrogens is 1. The number of pyridine rings is 1. The minimum absolute atomic E-state index is 1.75. The Hall–Kier alpha value is -0.130. The first-order chi connectivity index (χ1) is 5.73. The Labute approximate surface area is 81.8 Å². The second-order valence-corrected chi connectivity index (χ2v) is 1.78. The van der Waals surface area contributed by atoms with Crippen LogP contribution in [0.3, 0.4) is 0 Å². The molecule has 0 saturated carbocycles. The topological polar surface area (TPSA) is 70.4 Å². The summed E-state index contributed by atoms with van der Waals surface area (Å²) in [4.78, 5) is 18.0. The molecule has 7 heteroatoms. The van der Waals surface area contributed by atoms with Crippen LogP contribution in [0.1, 0.15) is 0 Å². The largest absolute Gasteiger partial charge is 0.692 e. The molecule has 1 aromatic rings. The van der Waals surface area contributed by atoms with Crippen molar-refractivity contribution in [1.29, 1.82) is 0 Å². The number of rotatable bonds is 0. The molecule has 0 aliphatic carbocycles. The lowest BCUT2D eigenvalue weighted by Gasteiger charge is -1.70. The fourth-order valence-corrected chi connectivity index (χ4v) is 0.313. The van der Waals surface area contributed by atoms with Crippen LogP contribution in [0.5, 0.6) is 0 Å². The first-order valence-electron chi connectivity index (χ1n) is 2.63. The van der Waals surface area contributed by atoms with Gasteiger partial charge in [-0.3, -0.25) is 4.98 Å². The van der Waals surface area contributed by atoms with Crippen molar-refractivity contribution >= 4 is 31.6 Å². The van der Waals surface area contributed by atoms with Crippen LogP contribution in [0, 0.1) is 0 Å². The third kappa shape index (κ3) is 22.5. The molecule has 2 N–H and O–H groups in total. The van der Waals surface area contributed by atoms with Crippen molar-refractivity contribution in [3.63, 3.8) is 0 Å². The predicted octanol–water partition coefficient (Wildman–Crippen LogP) is 1.47. The predicted molar refractivity (Wildman–Crippen MR) is 54.3 cm³/mol. The van der Waals surface area contributed by atoms with Crippen molar-refractivity contribution in [2.24, 2.45) is 0 Å². The van der Waals surface area contributed by atoms with Gasteiger partial charge in [0.05, 0.1) is 0 Å². The van der Waals surface area contributed by atoms with E-state index in [1.807, 2.05) is 18.2 Å². The summed E-state index contributed by atoms with van der Waals surface area (Å²) >= 11 is 6.44. The van der Waals surface area contributed by atoms with E-state index in [2.05, 4.69) is 28.3 Å². The van der Waals surface area contributed by atoms with Gasteiger partial charge in [-0.2, -0.15) is 0 Å². The molecule has 0 aliphatic rings. The van der Waals surface area contributed by atoms with Gasteiger partial charge >= 0.3 is 8.25 Å². The number of hydrogen-bond acceptors (Lipinski definition) is 4. The van der Waals surface area contributed by atoms with E-state index in [4.69, 9.17) is 14.4 Å². The number of thiol groups is 2. The molecule has 0 bridgehead atoms. The molecular weight excluding hydrogens is 217 g/mol. The number of nitrogens with zero attached hydrogens (tertiary/aromatic N) is 1. The standard InChI is InChI=1S/C5H5N.HO3P.H2S2/c1-2-4-6-5-3-1;1-4(2)3;1-2/h1-5H;(H-,1,2,3);1-2H/p+1. The van der Waals surface area contributed by atoms with E-state index in [-0.39, 0.29) is 0 Å². The second-order valence-electron chi connectivity index (χ2n) is 1.28. The maximum absolute atomic E-state index is 8.70. The molecule has 1 heterocycles. The Kier molecular flexibility index (Phi) is 16.1. The van der Waals surface area contributed by atoms with Gasteiger partial charge in [0.2, 0.25) is 0 Å². The van der Waals surface area contributed by atoms with Gasteiger partial charge < -0.3 is 0 Å². The van der Waals surface area contributed by atoms with E-state index in [1.165, 1.54) is 0 Å². The number of hydrogen-bond donors (Lipinski definition) is 4. The molecule has 0 unspecified atom stereocenters. The minimum Gasteiger partial charge on any atom is -0.265 e. The van der Waals surface area contributed by atoms with Crippen LogP contribution in [0.4, 0.5) is 0 Å². The molecular formula is C5H9NO3PS2+. The van der Waals surface area contributed by atoms with Crippen molar-refractivity contribution in [3.05, 3.63) is 30.6 Å². The normalized spacial score (nSPS) is 6.67. The summed E-state index contributed by atoms with van der Waals surface area (Å²) in [5.41, 5.74) is 0. The van der Waals surface area contributed by atoms with Crippen molar-refractivity contribution in [1.82, 2.24) is 4.98 Å². The molecule has 1 rings (SSSR count). The zero-order valence-corrected chi connectivity index (χ0v) is 8.66. The van der Waals surface area contributed by atoms with Gasteiger partial charge in [0.25, 0.3) is 0 Å². The van der Waals surface area contributed by atoms with E-state index in [0.717, 1.165) is 0 Å². The molecule has 0 saturated heterocycles. The van der Waals surface area contributed by atoms with Gasteiger partial charge in [0.15, 0.2) is 0 Å². The highest BCUT2D eigenvalue weighted by Crippen LogP contribution is 1.98. The van der Waals surface area contributed by atoms with E-state index in [0.29, 0.717) is 0 Å². The van der Waals surface area contributed by atoms with Crippen molar-refractivity contribution in [2.45, 2.75) is 0 Å². The highest BCUT2D eigenvalue weighted by Gasteiger charge is 1.93. The third-order valence-corrected chi connectivity index (χ3v) is 0.566. The first kappa shape index (κ1) is 14.4. The fourth-order valence-electron chi connectivity index (χ4n) is 0.313. The van der Waals surface area contributed by atoms with Crippen molar-refractivity contribution in [2.75, 3.05) is 0 Å². The Bertz CT molecular complexity index is 157. The van der Waals surface area contributed by atoms with Crippen LogP contribution < -0.4 is 0 Å². The minimum atomic E-state index is -2.87. The van der Waals surface area contributed by atoms with E-state index in [9.17, 15) is 0 Å². The fraction of sp³-hybridized carbons (Fsp3) is 0. The molecule has 0 radical (unpaired) electrons. The zero-order chi connectivity index (χ0) is 9.82. The summed E-state index contributed by atoms with van der Waals surface area (Å²) in [7, 11) is -2.87. The average Bonchev–Trinajstić information content (AvgIpc) is 2.10. The Morgan fingerprint density at radius 3 is 1.50 bits per heavy atom. The van der Waals surface area contributed by atoms with Gasteiger partial charge in [-0.1, -0.05) is 6.07 Å². The summed E-state index contributed by atoms with van der Waals surface area (Å²) in [5.74, 6) is 0.